The Labute approximate surface area is 66.3 Å². The van der Waals surface area contributed by atoms with E-state index in [2.05, 4.69) is 17.2 Å². The molecule has 0 atom stereocenters. The van der Waals surface area contributed by atoms with Crippen molar-refractivity contribution in [1.82, 2.24) is 4.90 Å². The van der Waals surface area contributed by atoms with Gasteiger partial charge in [-0.3, -0.25) is 0 Å². The molecule has 11 heavy (non-hydrogen) atoms. The SMILES string of the molecule is CCCCCN1CN=NC1=O. The molecule has 4 heteroatoms. The van der Waals surface area contributed by atoms with Crippen LogP contribution < -0.4 is 0 Å². The lowest BCUT2D eigenvalue weighted by Crippen LogP contribution is -2.25. The second-order valence-electron chi connectivity index (χ2n) is 2.64. The number of hydrogen-bond donors (Lipinski definition) is 0. The summed E-state index contributed by atoms with van der Waals surface area (Å²) in [6, 6.07) is -0.180. The van der Waals surface area contributed by atoms with E-state index in [9.17, 15) is 4.79 Å². The second kappa shape index (κ2) is 4.05. The lowest BCUT2D eigenvalue weighted by Gasteiger charge is -2.10. The van der Waals surface area contributed by atoms with E-state index >= 15 is 0 Å². The fourth-order valence-electron chi connectivity index (χ4n) is 1.01. The Morgan fingerprint density at radius 3 is 2.91 bits per heavy atom. The molecular formula is C7H13N3O. The van der Waals surface area contributed by atoms with Gasteiger partial charge in [0.25, 0.3) is 0 Å². The highest BCUT2D eigenvalue weighted by molar-refractivity contribution is 5.75. The molecule has 0 aromatic heterocycles. The quantitative estimate of drug-likeness (QED) is 0.573. The first kappa shape index (κ1) is 8.17. The van der Waals surface area contributed by atoms with E-state index in [-0.39, 0.29) is 6.03 Å². The number of carbonyl (C=O) groups is 1. The van der Waals surface area contributed by atoms with Crippen LogP contribution in [-0.2, 0) is 0 Å². The summed E-state index contributed by atoms with van der Waals surface area (Å²) in [6.07, 6.45) is 3.41. The van der Waals surface area contributed by atoms with Crippen LogP contribution in [0.3, 0.4) is 0 Å². The maximum absolute atomic E-state index is 10.8. The van der Waals surface area contributed by atoms with Crippen molar-refractivity contribution in [2.75, 3.05) is 13.2 Å². The molecule has 62 valence electrons. The third-order valence-electron chi connectivity index (χ3n) is 1.69. The molecule has 4 nitrogen and oxygen atoms in total. The van der Waals surface area contributed by atoms with Gasteiger partial charge in [-0.1, -0.05) is 24.9 Å². The highest BCUT2D eigenvalue weighted by Crippen LogP contribution is 2.05. The molecule has 0 unspecified atom stereocenters. The minimum atomic E-state index is -0.180. The predicted octanol–water partition coefficient (Wildman–Crippen LogP) is 2.02. The van der Waals surface area contributed by atoms with Gasteiger partial charge in [0, 0.05) is 6.54 Å². The molecule has 2 amide bonds. The molecule has 0 N–H and O–H groups in total. The number of carbonyl (C=O) groups excluding carboxylic acids is 1. The predicted molar refractivity (Wildman–Crippen MR) is 41.4 cm³/mol. The van der Waals surface area contributed by atoms with Gasteiger partial charge >= 0.3 is 6.03 Å². The Balaban J connectivity index is 2.13. The molecule has 0 saturated carbocycles. The van der Waals surface area contributed by atoms with Crippen LogP contribution in [0.4, 0.5) is 4.79 Å². The van der Waals surface area contributed by atoms with Crippen molar-refractivity contribution in [2.45, 2.75) is 26.2 Å². The van der Waals surface area contributed by atoms with Gasteiger partial charge in [0.05, 0.1) is 0 Å². The Morgan fingerprint density at radius 2 is 2.36 bits per heavy atom. The van der Waals surface area contributed by atoms with Crippen LogP contribution in [0.5, 0.6) is 0 Å². The van der Waals surface area contributed by atoms with E-state index in [4.69, 9.17) is 0 Å². The minimum Gasteiger partial charge on any atom is -0.300 e. The van der Waals surface area contributed by atoms with Crippen LogP contribution in [0.25, 0.3) is 0 Å². The van der Waals surface area contributed by atoms with Crippen LogP contribution in [0.15, 0.2) is 10.2 Å². The van der Waals surface area contributed by atoms with Crippen LogP contribution in [0, 0.1) is 0 Å². The van der Waals surface area contributed by atoms with E-state index in [0.29, 0.717) is 6.67 Å². The van der Waals surface area contributed by atoms with Gasteiger partial charge in [0.2, 0.25) is 0 Å². The fourth-order valence-corrected chi connectivity index (χ4v) is 1.01. The Bertz CT molecular complexity index is 167. The molecule has 0 aromatic carbocycles. The summed E-state index contributed by atoms with van der Waals surface area (Å²) in [5, 5.41) is 7.03. The summed E-state index contributed by atoms with van der Waals surface area (Å²) in [4.78, 5) is 12.5. The van der Waals surface area contributed by atoms with Crippen molar-refractivity contribution in [1.29, 1.82) is 0 Å². The number of hydrogen-bond acceptors (Lipinski definition) is 2. The molecule has 1 rings (SSSR count). The molecule has 1 aliphatic heterocycles. The topological polar surface area (TPSA) is 45.0 Å². The van der Waals surface area contributed by atoms with Gasteiger partial charge in [0.15, 0.2) is 0 Å². The Kier molecular flexibility index (Phi) is 3.01. The summed E-state index contributed by atoms with van der Waals surface area (Å²) < 4.78 is 0. The maximum atomic E-state index is 10.8. The first-order valence-corrected chi connectivity index (χ1v) is 4.01. The highest BCUT2D eigenvalue weighted by Gasteiger charge is 2.15. The Morgan fingerprint density at radius 1 is 1.55 bits per heavy atom. The zero-order valence-corrected chi connectivity index (χ0v) is 6.79. The molecule has 0 radical (unpaired) electrons. The van der Waals surface area contributed by atoms with Gasteiger partial charge in [0.1, 0.15) is 6.67 Å². The molecule has 0 fully saturated rings. The number of urea groups is 1. The highest BCUT2D eigenvalue weighted by atomic mass is 16.2. The van der Waals surface area contributed by atoms with Crippen molar-refractivity contribution in [3.05, 3.63) is 0 Å². The second-order valence-corrected chi connectivity index (χ2v) is 2.64. The normalized spacial score (nSPS) is 16.5. The van der Waals surface area contributed by atoms with Crippen molar-refractivity contribution >= 4 is 6.03 Å². The molecule has 0 bridgehead atoms. The lowest BCUT2D eigenvalue weighted by atomic mass is 10.2. The molecule has 0 spiro atoms. The van der Waals surface area contributed by atoms with Gasteiger partial charge in [-0.15, -0.1) is 0 Å². The van der Waals surface area contributed by atoms with Gasteiger partial charge in [-0.05, 0) is 6.42 Å². The standard InChI is InChI=1S/C7H13N3O/c1-2-3-4-5-10-6-8-9-7(10)11/h2-6H2,1H3. The molecule has 0 saturated heterocycles. The molecular weight excluding hydrogens is 142 g/mol. The third kappa shape index (κ3) is 2.29. The third-order valence-corrected chi connectivity index (χ3v) is 1.69. The Hall–Kier alpha value is -0.930. The first-order valence-electron chi connectivity index (χ1n) is 4.01. The summed E-state index contributed by atoms with van der Waals surface area (Å²) in [7, 11) is 0. The van der Waals surface area contributed by atoms with E-state index in [1.54, 1.807) is 4.90 Å². The summed E-state index contributed by atoms with van der Waals surface area (Å²) >= 11 is 0. The van der Waals surface area contributed by atoms with Crippen LogP contribution in [0.2, 0.25) is 0 Å². The van der Waals surface area contributed by atoms with Crippen LogP contribution >= 0.6 is 0 Å². The maximum Gasteiger partial charge on any atom is 0.363 e. The number of rotatable bonds is 4. The monoisotopic (exact) mass is 155 g/mol. The molecule has 0 aliphatic carbocycles. The van der Waals surface area contributed by atoms with Gasteiger partial charge in [-0.2, -0.15) is 5.11 Å². The number of azo groups is 1. The smallest absolute Gasteiger partial charge is 0.300 e. The molecule has 1 heterocycles. The van der Waals surface area contributed by atoms with Crippen molar-refractivity contribution < 1.29 is 4.79 Å². The number of amides is 2. The van der Waals surface area contributed by atoms with Crippen LogP contribution in [0.1, 0.15) is 26.2 Å². The fraction of sp³-hybridized carbons (Fsp3) is 0.857. The minimum absolute atomic E-state index is 0.180. The lowest BCUT2D eigenvalue weighted by molar-refractivity contribution is 0.217. The zero-order chi connectivity index (χ0) is 8.10. The zero-order valence-electron chi connectivity index (χ0n) is 6.79. The summed E-state index contributed by atoms with van der Waals surface area (Å²) in [5.74, 6) is 0. The molecule has 0 aromatic rings. The summed E-state index contributed by atoms with van der Waals surface area (Å²) in [6.45, 7) is 3.41. The molecule has 1 aliphatic rings. The van der Waals surface area contributed by atoms with E-state index in [1.165, 1.54) is 12.8 Å². The van der Waals surface area contributed by atoms with Crippen molar-refractivity contribution in [3.8, 4) is 0 Å². The van der Waals surface area contributed by atoms with E-state index in [0.717, 1.165) is 13.0 Å². The van der Waals surface area contributed by atoms with Gasteiger partial charge in [-0.25, -0.2) is 4.79 Å². The van der Waals surface area contributed by atoms with E-state index < -0.39 is 0 Å². The largest absolute Gasteiger partial charge is 0.363 e. The van der Waals surface area contributed by atoms with E-state index in [1.807, 2.05) is 0 Å². The average Bonchev–Trinajstić information content (AvgIpc) is 2.37. The first-order chi connectivity index (χ1) is 5.34. The number of unbranched alkanes of at least 4 members (excludes halogenated alkanes) is 2. The summed E-state index contributed by atoms with van der Waals surface area (Å²) in [5.41, 5.74) is 0. The number of nitrogens with zero attached hydrogens (tertiary/aromatic N) is 3. The van der Waals surface area contributed by atoms with Crippen LogP contribution in [-0.4, -0.2) is 24.1 Å². The van der Waals surface area contributed by atoms with Gasteiger partial charge < -0.3 is 4.90 Å². The average molecular weight is 155 g/mol. The van der Waals surface area contributed by atoms with Crippen molar-refractivity contribution in [2.24, 2.45) is 10.2 Å². The van der Waals surface area contributed by atoms with Crippen molar-refractivity contribution in [3.63, 3.8) is 0 Å².